The molecule has 0 amide bonds. The maximum absolute atomic E-state index is 14.0. The van der Waals surface area contributed by atoms with Gasteiger partial charge in [-0.05, 0) is 78.2 Å². The summed E-state index contributed by atoms with van der Waals surface area (Å²) in [5.41, 5.74) is 1.63. The molecule has 1 aliphatic heterocycles. The smallest absolute Gasteiger partial charge is 0.343 e. The van der Waals surface area contributed by atoms with E-state index in [2.05, 4.69) is 31.6 Å². The van der Waals surface area contributed by atoms with Gasteiger partial charge in [0.1, 0.15) is 12.4 Å². The number of hydrogen-bond donors (Lipinski definition) is 0. The number of carbonyl (C=O) groups is 2. The van der Waals surface area contributed by atoms with Gasteiger partial charge in [0.15, 0.2) is 22.9 Å². The number of nitrogens with zero attached hydrogens (tertiary/aromatic N) is 2. The van der Waals surface area contributed by atoms with E-state index in [0.29, 0.717) is 48.9 Å². The van der Waals surface area contributed by atoms with Gasteiger partial charge in [-0.15, -0.1) is 6.42 Å². The van der Waals surface area contributed by atoms with Crippen molar-refractivity contribution in [3.63, 3.8) is 0 Å². The van der Waals surface area contributed by atoms with Crippen molar-refractivity contribution in [3.05, 3.63) is 83.0 Å². The van der Waals surface area contributed by atoms with Crippen molar-refractivity contribution in [2.75, 3.05) is 33.5 Å². The van der Waals surface area contributed by atoms with Gasteiger partial charge in [0.05, 0.1) is 46.6 Å². The SMILES string of the molecule is C#CCOc1ccc(/C=c2\sc3n(c2=O)[C@H](c2ccc(OCC(=O)OC)c(OCC)c2)C(C(=O)OCC)=C(C)N=3)cc1Br. The Balaban J connectivity index is 1.86. The summed E-state index contributed by atoms with van der Waals surface area (Å²) in [5.74, 6) is 2.51. The van der Waals surface area contributed by atoms with Gasteiger partial charge in [-0.1, -0.05) is 29.4 Å². The van der Waals surface area contributed by atoms with E-state index in [-0.39, 0.29) is 31.0 Å². The predicted molar refractivity (Wildman–Crippen MR) is 164 cm³/mol. The third-order valence-electron chi connectivity index (χ3n) is 6.24. The molecule has 0 saturated carbocycles. The van der Waals surface area contributed by atoms with E-state index in [1.807, 2.05) is 12.1 Å². The number of allylic oxidation sites excluding steroid dienone is 1. The molecule has 0 aliphatic carbocycles. The quantitative estimate of drug-likeness (QED) is 0.225. The number of thiazole rings is 1. The second-order valence-corrected chi connectivity index (χ2v) is 10.9. The number of halogens is 1. The summed E-state index contributed by atoms with van der Waals surface area (Å²) in [6.45, 7) is 5.49. The first-order valence-electron chi connectivity index (χ1n) is 13.2. The van der Waals surface area contributed by atoms with Gasteiger partial charge in [-0.3, -0.25) is 9.36 Å². The molecule has 224 valence electrons. The molecule has 2 heterocycles. The minimum atomic E-state index is -0.863. The highest BCUT2D eigenvalue weighted by atomic mass is 79.9. The van der Waals surface area contributed by atoms with E-state index in [1.54, 1.807) is 51.1 Å². The Hall–Kier alpha value is -4.34. The van der Waals surface area contributed by atoms with E-state index in [4.69, 9.17) is 25.4 Å². The number of carbonyl (C=O) groups excluding carboxylic acids is 2. The number of ether oxygens (including phenoxy) is 5. The van der Waals surface area contributed by atoms with Crippen molar-refractivity contribution in [1.29, 1.82) is 0 Å². The van der Waals surface area contributed by atoms with Crippen LogP contribution in [0.25, 0.3) is 6.08 Å². The minimum Gasteiger partial charge on any atom is -0.490 e. The lowest BCUT2D eigenvalue weighted by Gasteiger charge is -2.25. The third kappa shape index (κ3) is 7.01. The Labute approximate surface area is 260 Å². The molecule has 0 fully saturated rings. The molecule has 0 spiro atoms. The van der Waals surface area contributed by atoms with Gasteiger partial charge in [-0.25, -0.2) is 14.6 Å². The number of aromatic nitrogens is 1. The Morgan fingerprint density at radius 1 is 1.09 bits per heavy atom. The monoisotopic (exact) mass is 668 g/mol. The molecule has 0 unspecified atom stereocenters. The number of methoxy groups -OCH3 is 1. The molecule has 0 saturated heterocycles. The Morgan fingerprint density at radius 2 is 1.86 bits per heavy atom. The first-order chi connectivity index (χ1) is 20.7. The number of benzene rings is 2. The average Bonchev–Trinajstić information content (AvgIpc) is 3.29. The molecule has 0 bridgehead atoms. The van der Waals surface area contributed by atoms with E-state index < -0.39 is 18.0 Å². The van der Waals surface area contributed by atoms with Crippen LogP contribution in [-0.4, -0.2) is 50.0 Å². The summed E-state index contributed by atoms with van der Waals surface area (Å²) < 4.78 is 29.5. The average molecular weight is 670 g/mol. The van der Waals surface area contributed by atoms with Crippen molar-refractivity contribution in [2.45, 2.75) is 26.8 Å². The number of rotatable bonds is 11. The van der Waals surface area contributed by atoms with E-state index >= 15 is 0 Å². The first-order valence-corrected chi connectivity index (χ1v) is 14.8. The molecule has 0 N–H and O–H groups in total. The normalized spacial score (nSPS) is 14.3. The summed E-state index contributed by atoms with van der Waals surface area (Å²) in [5, 5.41) is 0. The molecular weight excluding hydrogens is 640 g/mol. The lowest BCUT2D eigenvalue weighted by molar-refractivity contribution is -0.143. The van der Waals surface area contributed by atoms with Crippen LogP contribution in [0, 0.1) is 12.3 Å². The van der Waals surface area contributed by atoms with Crippen LogP contribution >= 0.6 is 27.3 Å². The van der Waals surface area contributed by atoms with Crippen LogP contribution in [0.5, 0.6) is 17.2 Å². The second kappa shape index (κ2) is 14.2. The number of fused-ring (bicyclic) bond motifs is 1. The van der Waals surface area contributed by atoms with Crippen molar-refractivity contribution in [2.24, 2.45) is 4.99 Å². The largest absolute Gasteiger partial charge is 0.490 e. The fraction of sp³-hybridized carbons (Fsp3) is 0.290. The minimum absolute atomic E-state index is 0.127. The van der Waals surface area contributed by atoms with Crippen LogP contribution < -0.4 is 29.1 Å². The summed E-state index contributed by atoms with van der Waals surface area (Å²) in [6, 6.07) is 9.54. The molecule has 43 heavy (non-hydrogen) atoms. The van der Waals surface area contributed by atoms with Gasteiger partial charge in [-0.2, -0.15) is 0 Å². The maximum Gasteiger partial charge on any atom is 0.343 e. The van der Waals surface area contributed by atoms with Crippen LogP contribution in [0.3, 0.4) is 0 Å². The molecule has 2 aromatic carbocycles. The molecule has 1 atom stereocenters. The van der Waals surface area contributed by atoms with E-state index in [1.165, 1.54) is 23.0 Å². The van der Waals surface area contributed by atoms with Gasteiger partial charge < -0.3 is 23.7 Å². The van der Waals surface area contributed by atoms with Crippen molar-refractivity contribution in [1.82, 2.24) is 4.57 Å². The standard InChI is InChI=1S/C31H29BrN2O8S/c1-6-13-41-22-11-9-19(14-21(22)32)15-25-29(36)34-28(27(30(37)40-8-3)18(4)33-31(34)43-25)20-10-12-23(24(16-20)39-7-2)42-17-26(35)38-5/h1,9-12,14-16,28H,7-8,13,17H2,2-5H3/b25-15-/t28-/m1/s1. The predicted octanol–water partition coefficient (Wildman–Crippen LogP) is 3.52. The van der Waals surface area contributed by atoms with Gasteiger partial charge >= 0.3 is 11.9 Å². The van der Waals surface area contributed by atoms with Crippen LogP contribution in [0.4, 0.5) is 0 Å². The van der Waals surface area contributed by atoms with Crippen LogP contribution in [0.1, 0.15) is 37.9 Å². The van der Waals surface area contributed by atoms with E-state index in [0.717, 1.165) is 5.56 Å². The van der Waals surface area contributed by atoms with Crippen molar-refractivity contribution < 1.29 is 33.3 Å². The molecule has 1 aliphatic rings. The first kappa shape index (κ1) is 31.6. The Kier molecular flexibility index (Phi) is 10.4. The molecule has 3 aromatic rings. The molecule has 0 radical (unpaired) electrons. The van der Waals surface area contributed by atoms with Crippen molar-refractivity contribution >= 4 is 45.3 Å². The van der Waals surface area contributed by atoms with Gasteiger partial charge in [0.2, 0.25) is 0 Å². The molecule has 1 aromatic heterocycles. The lowest BCUT2D eigenvalue weighted by atomic mass is 9.95. The zero-order chi connectivity index (χ0) is 31.1. The summed E-state index contributed by atoms with van der Waals surface area (Å²) in [6.07, 6.45) is 7.03. The van der Waals surface area contributed by atoms with Gasteiger partial charge in [0.25, 0.3) is 5.56 Å². The Bertz CT molecular complexity index is 1800. The zero-order valence-corrected chi connectivity index (χ0v) is 26.4. The van der Waals surface area contributed by atoms with E-state index in [9.17, 15) is 14.4 Å². The second-order valence-electron chi connectivity index (χ2n) is 8.99. The summed E-state index contributed by atoms with van der Waals surface area (Å²) in [7, 11) is 1.27. The van der Waals surface area contributed by atoms with Crippen LogP contribution in [0.15, 0.2) is 61.9 Å². The number of hydrogen-bond acceptors (Lipinski definition) is 10. The highest BCUT2D eigenvalue weighted by molar-refractivity contribution is 9.10. The number of terminal acetylenes is 1. The maximum atomic E-state index is 14.0. The topological polar surface area (TPSA) is 115 Å². The lowest BCUT2D eigenvalue weighted by Crippen LogP contribution is -2.40. The van der Waals surface area contributed by atoms with Crippen LogP contribution in [-0.2, 0) is 19.1 Å². The van der Waals surface area contributed by atoms with Crippen LogP contribution in [0.2, 0.25) is 0 Å². The van der Waals surface area contributed by atoms with Gasteiger partial charge in [0, 0.05) is 0 Å². The molecule has 10 nitrogen and oxygen atoms in total. The fourth-order valence-electron chi connectivity index (χ4n) is 4.38. The highest BCUT2D eigenvalue weighted by Crippen LogP contribution is 2.36. The molecule has 4 rings (SSSR count). The fourth-order valence-corrected chi connectivity index (χ4v) is 5.94. The summed E-state index contributed by atoms with van der Waals surface area (Å²) in [4.78, 5) is 43.9. The Morgan fingerprint density at radius 3 is 2.53 bits per heavy atom. The summed E-state index contributed by atoms with van der Waals surface area (Å²) >= 11 is 4.69. The highest BCUT2D eigenvalue weighted by Gasteiger charge is 2.34. The molecule has 12 heteroatoms. The number of esters is 2. The third-order valence-corrected chi connectivity index (χ3v) is 7.84. The molecular formula is C31H29BrN2O8S. The zero-order valence-electron chi connectivity index (χ0n) is 24.0. The van der Waals surface area contributed by atoms with Crippen molar-refractivity contribution in [3.8, 4) is 29.6 Å².